The lowest BCUT2D eigenvalue weighted by molar-refractivity contribution is 0.209. The monoisotopic (exact) mass is 397 g/mol. The van der Waals surface area contributed by atoms with Gasteiger partial charge in [0, 0.05) is 0 Å². The van der Waals surface area contributed by atoms with Gasteiger partial charge in [0.25, 0.3) is 0 Å². The average molecular weight is 397 g/mol. The third-order valence-electron chi connectivity index (χ3n) is 4.30. The van der Waals surface area contributed by atoms with Gasteiger partial charge < -0.3 is 9.47 Å². The minimum Gasteiger partial charge on any atom is -0.497 e. The molecule has 0 fully saturated rings. The van der Waals surface area contributed by atoms with Crippen LogP contribution in [-0.4, -0.2) is 22.1 Å². The van der Waals surface area contributed by atoms with E-state index >= 15 is 0 Å². The number of benzene rings is 3. The quantitative estimate of drug-likeness (QED) is 0.621. The van der Waals surface area contributed by atoms with Crippen molar-refractivity contribution in [1.29, 1.82) is 0 Å². The fourth-order valence-corrected chi connectivity index (χ4v) is 3.73. The molecule has 0 radical (unpaired) electrons. The summed E-state index contributed by atoms with van der Waals surface area (Å²) in [5.74, 6) is 1.35. The van der Waals surface area contributed by atoms with Gasteiger partial charge in [0.15, 0.2) is 0 Å². The molecule has 0 saturated carbocycles. The van der Waals surface area contributed by atoms with Gasteiger partial charge in [0.1, 0.15) is 17.6 Å². The van der Waals surface area contributed by atoms with E-state index in [-0.39, 0.29) is 11.4 Å². The summed E-state index contributed by atoms with van der Waals surface area (Å²) in [6.45, 7) is 2.02. The minimum atomic E-state index is -3.63. The highest BCUT2D eigenvalue weighted by Crippen LogP contribution is 2.24. The molecule has 0 spiro atoms. The maximum Gasteiger partial charge on any atom is 0.240 e. The van der Waals surface area contributed by atoms with E-state index < -0.39 is 16.1 Å². The molecule has 5 nitrogen and oxygen atoms in total. The fraction of sp³-hybridized carbons (Fsp3) is 0.182. The van der Waals surface area contributed by atoms with Crippen LogP contribution < -0.4 is 14.2 Å². The number of methoxy groups -OCH3 is 1. The van der Waals surface area contributed by atoms with Crippen molar-refractivity contribution in [2.24, 2.45) is 0 Å². The molecule has 1 unspecified atom stereocenters. The Balaban J connectivity index is 1.78. The standard InChI is InChI=1S/C22H23NO4S/c1-17-8-14-21(15-9-17)28(24,25)23-16-22(18-6-4-3-5-7-18)27-20-12-10-19(26-2)11-13-20/h3-15,22-23H,16H2,1-2H3. The van der Waals surface area contributed by atoms with Crippen molar-refractivity contribution < 1.29 is 17.9 Å². The van der Waals surface area contributed by atoms with Gasteiger partial charge in [-0.25, -0.2) is 13.1 Å². The second kappa shape index (κ2) is 8.91. The maximum absolute atomic E-state index is 12.6. The molecule has 3 aromatic carbocycles. The summed E-state index contributed by atoms with van der Waals surface area (Å²) >= 11 is 0. The smallest absolute Gasteiger partial charge is 0.240 e. The van der Waals surface area contributed by atoms with Crippen LogP contribution >= 0.6 is 0 Å². The van der Waals surface area contributed by atoms with Crippen molar-refractivity contribution in [2.75, 3.05) is 13.7 Å². The Hall–Kier alpha value is -2.83. The summed E-state index contributed by atoms with van der Waals surface area (Å²) in [6.07, 6.45) is -0.477. The van der Waals surface area contributed by atoms with Crippen LogP contribution in [0.1, 0.15) is 17.2 Å². The lowest BCUT2D eigenvalue weighted by Crippen LogP contribution is -2.30. The summed E-state index contributed by atoms with van der Waals surface area (Å²) in [7, 11) is -2.03. The van der Waals surface area contributed by atoms with Gasteiger partial charge in [-0.15, -0.1) is 0 Å². The molecule has 0 aliphatic rings. The molecule has 0 amide bonds. The van der Waals surface area contributed by atoms with E-state index in [2.05, 4.69) is 4.72 Å². The molecule has 0 aliphatic heterocycles. The summed E-state index contributed by atoms with van der Waals surface area (Å²) in [6, 6.07) is 23.5. The number of rotatable bonds is 8. The van der Waals surface area contributed by atoms with Gasteiger partial charge in [0.05, 0.1) is 18.6 Å². The van der Waals surface area contributed by atoms with Crippen LogP contribution in [-0.2, 0) is 10.0 Å². The predicted octanol–water partition coefficient (Wildman–Crippen LogP) is 4.10. The SMILES string of the molecule is COc1ccc(OC(CNS(=O)(=O)c2ccc(C)cc2)c2ccccc2)cc1. The molecule has 0 aromatic heterocycles. The van der Waals surface area contributed by atoms with Crippen LogP contribution in [0.4, 0.5) is 0 Å². The van der Waals surface area contributed by atoms with E-state index in [4.69, 9.17) is 9.47 Å². The zero-order chi connectivity index (χ0) is 20.0. The highest BCUT2D eigenvalue weighted by molar-refractivity contribution is 7.89. The van der Waals surface area contributed by atoms with Crippen molar-refractivity contribution in [3.63, 3.8) is 0 Å². The molecular weight excluding hydrogens is 374 g/mol. The predicted molar refractivity (Wildman–Crippen MR) is 109 cm³/mol. The highest BCUT2D eigenvalue weighted by Gasteiger charge is 2.19. The molecule has 1 atom stereocenters. The molecular formula is C22H23NO4S. The molecule has 0 aliphatic carbocycles. The molecule has 3 aromatic rings. The largest absolute Gasteiger partial charge is 0.497 e. The summed E-state index contributed by atoms with van der Waals surface area (Å²) in [5, 5.41) is 0. The number of aryl methyl sites for hydroxylation is 1. The molecule has 28 heavy (non-hydrogen) atoms. The fourth-order valence-electron chi connectivity index (χ4n) is 2.70. The van der Waals surface area contributed by atoms with Gasteiger partial charge in [-0.1, -0.05) is 48.0 Å². The van der Waals surface area contributed by atoms with E-state index in [0.29, 0.717) is 5.75 Å². The molecule has 0 bridgehead atoms. The molecule has 0 saturated heterocycles. The van der Waals surface area contributed by atoms with Crippen molar-refractivity contribution in [2.45, 2.75) is 17.9 Å². The number of ether oxygens (including phenoxy) is 2. The van der Waals surface area contributed by atoms with E-state index in [1.807, 2.05) is 37.3 Å². The van der Waals surface area contributed by atoms with E-state index in [1.165, 1.54) is 0 Å². The third-order valence-corrected chi connectivity index (χ3v) is 5.74. The van der Waals surface area contributed by atoms with Gasteiger partial charge in [-0.2, -0.15) is 0 Å². The van der Waals surface area contributed by atoms with Crippen LogP contribution in [0.5, 0.6) is 11.5 Å². The van der Waals surface area contributed by atoms with Crippen molar-refractivity contribution in [1.82, 2.24) is 4.72 Å². The second-order valence-corrected chi connectivity index (χ2v) is 8.12. The lowest BCUT2D eigenvalue weighted by Gasteiger charge is -2.20. The van der Waals surface area contributed by atoms with Crippen LogP contribution in [0.15, 0.2) is 83.8 Å². The van der Waals surface area contributed by atoms with E-state index in [0.717, 1.165) is 16.9 Å². The number of hydrogen-bond acceptors (Lipinski definition) is 4. The van der Waals surface area contributed by atoms with E-state index in [9.17, 15) is 8.42 Å². The third kappa shape index (κ3) is 5.12. The van der Waals surface area contributed by atoms with Crippen LogP contribution in [0.3, 0.4) is 0 Å². The zero-order valence-corrected chi connectivity index (χ0v) is 16.6. The van der Waals surface area contributed by atoms with Gasteiger partial charge in [-0.3, -0.25) is 0 Å². The van der Waals surface area contributed by atoms with Crippen molar-refractivity contribution in [3.05, 3.63) is 90.0 Å². The Bertz CT molecular complexity index is 985. The highest BCUT2D eigenvalue weighted by atomic mass is 32.2. The van der Waals surface area contributed by atoms with Gasteiger partial charge in [0.2, 0.25) is 10.0 Å². The first kappa shape index (κ1) is 19.9. The van der Waals surface area contributed by atoms with E-state index in [1.54, 1.807) is 55.6 Å². The Kier molecular flexibility index (Phi) is 6.34. The van der Waals surface area contributed by atoms with Gasteiger partial charge >= 0.3 is 0 Å². The summed E-state index contributed by atoms with van der Waals surface area (Å²) in [4.78, 5) is 0.231. The molecule has 146 valence electrons. The Morgan fingerprint density at radius 1 is 0.857 bits per heavy atom. The maximum atomic E-state index is 12.6. The van der Waals surface area contributed by atoms with Crippen LogP contribution in [0.25, 0.3) is 0 Å². The summed E-state index contributed by atoms with van der Waals surface area (Å²) in [5.41, 5.74) is 1.88. The normalized spacial score (nSPS) is 12.4. The second-order valence-electron chi connectivity index (χ2n) is 6.36. The first-order chi connectivity index (χ1) is 13.5. The number of sulfonamides is 1. The molecule has 3 rings (SSSR count). The average Bonchev–Trinajstić information content (AvgIpc) is 2.72. The number of hydrogen-bond donors (Lipinski definition) is 1. The Morgan fingerprint density at radius 3 is 2.07 bits per heavy atom. The molecule has 0 heterocycles. The summed E-state index contributed by atoms with van der Waals surface area (Å²) < 4.78 is 39.2. The minimum absolute atomic E-state index is 0.103. The van der Waals surface area contributed by atoms with Crippen molar-refractivity contribution >= 4 is 10.0 Å². The first-order valence-corrected chi connectivity index (χ1v) is 10.4. The zero-order valence-electron chi connectivity index (χ0n) is 15.8. The Morgan fingerprint density at radius 2 is 1.46 bits per heavy atom. The molecule has 1 N–H and O–H groups in total. The molecule has 6 heteroatoms. The van der Waals surface area contributed by atoms with Crippen LogP contribution in [0, 0.1) is 6.92 Å². The van der Waals surface area contributed by atoms with Gasteiger partial charge in [-0.05, 0) is 48.9 Å². The number of nitrogens with one attached hydrogen (secondary N) is 1. The first-order valence-electron chi connectivity index (χ1n) is 8.90. The van der Waals surface area contributed by atoms with Crippen LogP contribution in [0.2, 0.25) is 0 Å². The topological polar surface area (TPSA) is 64.6 Å². The van der Waals surface area contributed by atoms with Crippen molar-refractivity contribution in [3.8, 4) is 11.5 Å². The lowest BCUT2D eigenvalue weighted by atomic mass is 10.1. The Labute approximate surface area is 166 Å².